The van der Waals surface area contributed by atoms with Crippen molar-refractivity contribution in [2.24, 2.45) is 5.73 Å². The van der Waals surface area contributed by atoms with Crippen molar-refractivity contribution in [1.29, 1.82) is 0 Å². The number of nitrogens with two attached hydrogens (primary N) is 1. The molecule has 4 nitrogen and oxygen atoms in total. The minimum atomic E-state index is 0.145. The molecule has 1 aliphatic rings. The molecule has 0 aliphatic carbocycles. The highest BCUT2D eigenvalue weighted by molar-refractivity contribution is 5.75. The van der Waals surface area contributed by atoms with Gasteiger partial charge in [0.15, 0.2) is 0 Å². The Kier molecular flexibility index (Phi) is 3.54. The molecule has 0 aromatic heterocycles. The van der Waals surface area contributed by atoms with E-state index in [1.54, 1.807) is 0 Å². The molecule has 0 radical (unpaired) electrons. The molecule has 2 amide bonds. The zero-order chi connectivity index (χ0) is 9.84. The highest BCUT2D eigenvalue weighted by atomic mass is 16.2. The molecule has 0 aromatic rings. The maximum Gasteiger partial charge on any atom is 0.320 e. The monoisotopic (exact) mass is 185 g/mol. The Morgan fingerprint density at radius 1 is 1.46 bits per heavy atom. The topological polar surface area (TPSA) is 49.6 Å². The Labute approximate surface area is 79.7 Å². The fourth-order valence-corrected chi connectivity index (χ4v) is 1.65. The Hall–Kier alpha value is -0.770. The molecule has 0 bridgehead atoms. The Bertz CT molecular complexity index is 180. The van der Waals surface area contributed by atoms with E-state index in [0.717, 1.165) is 19.5 Å². The van der Waals surface area contributed by atoms with E-state index in [2.05, 4.69) is 0 Å². The fourth-order valence-electron chi connectivity index (χ4n) is 1.65. The molecule has 13 heavy (non-hydrogen) atoms. The molecule has 1 heterocycles. The summed E-state index contributed by atoms with van der Waals surface area (Å²) in [5, 5.41) is 0. The minimum Gasteiger partial charge on any atom is -0.329 e. The lowest BCUT2D eigenvalue weighted by molar-refractivity contribution is 0.117. The van der Waals surface area contributed by atoms with E-state index in [1.807, 2.05) is 23.6 Å². The Morgan fingerprint density at radius 2 is 2.15 bits per heavy atom. The van der Waals surface area contributed by atoms with E-state index in [4.69, 9.17) is 5.73 Å². The van der Waals surface area contributed by atoms with Crippen molar-refractivity contribution in [1.82, 2.24) is 9.80 Å². The summed E-state index contributed by atoms with van der Waals surface area (Å²) in [6.07, 6.45) is 1.06. The van der Waals surface area contributed by atoms with Gasteiger partial charge in [0.05, 0.1) is 0 Å². The van der Waals surface area contributed by atoms with E-state index in [0.29, 0.717) is 19.1 Å². The SMILES string of the molecule is CC(C)N1CCCN(CCN)C1=O. The van der Waals surface area contributed by atoms with Crippen LogP contribution >= 0.6 is 0 Å². The van der Waals surface area contributed by atoms with Gasteiger partial charge in [0.1, 0.15) is 0 Å². The van der Waals surface area contributed by atoms with Crippen molar-refractivity contribution in [3.63, 3.8) is 0 Å². The average molecular weight is 185 g/mol. The molecule has 4 heteroatoms. The van der Waals surface area contributed by atoms with E-state index >= 15 is 0 Å². The van der Waals surface area contributed by atoms with Crippen molar-refractivity contribution < 1.29 is 4.79 Å². The lowest BCUT2D eigenvalue weighted by Crippen LogP contribution is -2.52. The lowest BCUT2D eigenvalue weighted by atomic mass is 10.2. The number of carbonyl (C=O) groups excluding carboxylic acids is 1. The molecule has 0 spiro atoms. The highest BCUT2D eigenvalue weighted by Crippen LogP contribution is 2.11. The van der Waals surface area contributed by atoms with Crippen LogP contribution in [0.25, 0.3) is 0 Å². The highest BCUT2D eigenvalue weighted by Gasteiger charge is 2.26. The van der Waals surface area contributed by atoms with Crippen LogP contribution in [-0.2, 0) is 0 Å². The maximum absolute atomic E-state index is 11.8. The van der Waals surface area contributed by atoms with Crippen LogP contribution in [0.4, 0.5) is 4.79 Å². The molecule has 2 N–H and O–H groups in total. The van der Waals surface area contributed by atoms with Crippen LogP contribution in [0.15, 0.2) is 0 Å². The summed E-state index contributed by atoms with van der Waals surface area (Å²) in [7, 11) is 0. The Balaban J connectivity index is 2.55. The van der Waals surface area contributed by atoms with Gasteiger partial charge in [-0.1, -0.05) is 0 Å². The molecular weight excluding hydrogens is 166 g/mol. The number of hydrogen-bond donors (Lipinski definition) is 1. The molecule has 1 rings (SSSR count). The van der Waals surface area contributed by atoms with Crippen molar-refractivity contribution in [3.05, 3.63) is 0 Å². The van der Waals surface area contributed by atoms with Gasteiger partial charge in [0.25, 0.3) is 0 Å². The van der Waals surface area contributed by atoms with Gasteiger partial charge in [-0.2, -0.15) is 0 Å². The van der Waals surface area contributed by atoms with E-state index in [-0.39, 0.29) is 6.03 Å². The van der Waals surface area contributed by atoms with Crippen LogP contribution in [0.2, 0.25) is 0 Å². The summed E-state index contributed by atoms with van der Waals surface area (Å²) in [6, 6.07) is 0.444. The van der Waals surface area contributed by atoms with Crippen LogP contribution in [0.3, 0.4) is 0 Å². The second-order valence-electron chi connectivity index (χ2n) is 3.70. The third-order valence-corrected chi connectivity index (χ3v) is 2.37. The number of rotatable bonds is 3. The lowest BCUT2D eigenvalue weighted by Gasteiger charge is -2.37. The van der Waals surface area contributed by atoms with Gasteiger partial charge >= 0.3 is 6.03 Å². The predicted octanol–water partition coefficient (Wildman–Crippen LogP) is 0.481. The molecule has 0 atom stereocenters. The summed E-state index contributed by atoms with van der Waals surface area (Å²) < 4.78 is 0. The number of carbonyl (C=O) groups is 1. The van der Waals surface area contributed by atoms with Crippen molar-refractivity contribution in [2.45, 2.75) is 26.3 Å². The first-order valence-electron chi connectivity index (χ1n) is 4.92. The first kappa shape index (κ1) is 10.3. The second kappa shape index (κ2) is 4.46. The summed E-state index contributed by atoms with van der Waals surface area (Å²) in [4.78, 5) is 15.5. The summed E-state index contributed by atoms with van der Waals surface area (Å²) in [5.74, 6) is 0. The molecule has 0 unspecified atom stereocenters. The average Bonchev–Trinajstić information content (AvgIpc) is 2.08. The van der Waals surface area contributed by atoms with Gasteiger partial charge in [-0.05, 0) is 20.3 Å². The number of nitrogens with zero attached hydrogens (tertiary/aromatic N) is 2. The van der Waals surface area contributed by atoms with Crippen LogP contribution in [-0.4, -0.2) is 48.1 Å². The molecule has 0 aromatic carbocycles. The first-order valence-corrected chi connectivity index (χ1v) is 4.92. The van der Waals surface area contributed by atoms with Crippen LogP contribution in [0.1, 0.15) is 20.3 Å². The van der Waals surface area contributed by atoms with E-state index < -0.39 is 0 Å². The summed E-state index contributed by atoms with van der Waals surface area (Å²) in [5.41, 5.74) is 5.43. The van der Waals surface area contributed by atoms with Crippen LogP contribution in [0.5, 0.6) is 0 Å². The van der Waals surface area contributed by atoms with Gasteiger partial charge < -0.3 is 15.5 Å². The zero-order valence-electron chi connectivity index (χ0n) is 8.49. The van der Waals surface area contributed by atoms with Gasteiger partial charge in [0.2, 0.25) is 0 Å². The zero-order valence-corrected chi connectivity index (χ0v) is 8.49. The standard InChI is InChI=1S/C9H19N3O/c1-8(2)12-6-3-5-11(7-4-10)9(12)13/h8H,3-7,10H2,1-2H3. The second-order valence-corrected chi connectivity index (χ2v) is 3.70. The van der Waals surface area contributed by atoms with Crippen LogP contribution < -0.4 is 5.73 Å². The van der Waals surface area contributed by atoms with E-state index in [1.165, 1.54) is 0 Å². The minimum absolute atomic E-state index is 0.145. The normalized spacial score (nSPS) is 18.6. The summed E-state index contributed by atoms with van der Waals surface area (Å²) in [6.45, 7) is 7.07. The third-order valence-electron chi connectivity index (χ3n) is 2.37. The first-order chi connectivity index (χ1) is 6.16. The van der Waals surface area contributed by atoms with Crippen molar-refractivity contribution in [2.75, 3.05) is 26.2 Å². The number of hydrogen-bond acceptors (Lipinski definition) is 2. The Morgan fingerprint density at radius 3 is 2.69 bits per heavy atom. The van der Waals surface area contributed by atoms with Gasteiger partial charge in [0, 0.05) is 32.2 Å². The van der Waals surface area contributed by atoms with Crippen molar-refractivity contribution >= 4 is 6.03 Å². The molecule has 0 saturated carbocycles. The van der Waals surface area contributed by atoms with E-state index in [9.17, 15) is 4.79 Å². The number of amides is 2. The third kappa shape index (κ3) is 2.34. The molecule has 1 saturated heterocycles. The van der Waals surface area contributed by atoms with Gasteiger partial charge in [-0.25, -0.2) is 4.79 Å². The maximum atomic E-state index is 11.8. The predicted molar refractivity (Wildman–Crippen MR) is 52.5 cm³/mol. The summed E-state index contributed by atoms with van der Waals surface area (Å²) >= 11 is 0. The van der Waals surface area contributed by atoms with Gasteiger partial charge in [-0.15, -0.1) is 0 Å². The molecular formula is C9H19N3O. The van der Waals surface area contributed by atoms with Crippen LogP contribution in [0, 0.1) is 0 Å². The molecule has 1 fully saturated rings. The van der Waals surface area contributed by atoms with Gasteiger partial charge in [-0.3, -0.25) is 0 Å². The molecule has 1 aliphatic heterocycles. The fraction of sp³-hybridized carbons (Fsp3) is 0.889. The molecule has 76 valence electrons. The smallest absolute Gasteiger partial charge is 0.320 e. The quantitative estimate of drug-likeness (QED) is 0.695. The largest absolute Gasteiger partial charge is 0.329 e. The van der Waals surface area contributed by atoms with Crippen molar-refractivity contribution in [3.8, 4) is 0 Å². The number of urea groups is 1.